The Bertz CT molecular complexity index is 820. The van der Waals surface area contributed by atoms with Crippen LogP contribution in [0.15, 0.2) is 41.2 Å². The van der Waals surface area contributed by atoms with Gasteiger partial charge in [-0.05, 0) is 35.7 Å². The zero-order valence-electron chi connectivity index (χ0n) is 12.8. The molecule has 6 nitrogen and oxygen atoms in total. The van der Waals surface area contributed by atoms with Gasteiger partial charge < -0.3 is 14.8 Å². The Morgan fingerprint density at radius 1 is 1.09 bits per heavy atom. The number of pyridine rings is 1. The molecule has 0 fully saturated rings. The van der Waals surface area contributed by atoms with Gasteiger partial charge in [0, 0.05) is 5.69 Å². The van der Waals surface area contributed by atoms with Gasteiger partial charge in [-0.3, -0.25) is 4.79 Å². The molecule has 0 aliphatic heterocycles. The van der Waals surface area contributed by atoms with Crippen LogP contribution in [-0.2, 0) is 6.54 Å². The van der Waals surface area contributed by atoms with Gasteiger partial charge in [-0.15, -0.1) is 0 Å². The number of carboxylic acid groups (broad SMARTS) is 2. The maximum absolute atomic E-state index is 12.4. The molecule has 0 radical (unpaired) electrons. The maximum atomic E-state index is 12.4. The van der Waals surface area contributed by atoms with E-state index < -0.39 is 17.5 Å². The van der Waals surface area contributed by atoms with E-state index in [2.05, 4.69) is 0 Å². The Balaban J connectivity index is 2.55. The Labute approximate surface area is 132 Å². The summed E-state index contributed by atoms with van der Waals surface area (Å²) in [5.74, 6) is -2.31. The highest BCUT2D eigenvalue weighted by Crippen LogP contribution is 2.15. The third-order valence-electron chi connectivity index (χ3n) is 3.54. The Morgan fingerprint density at radius 2 is 1.78 bits per heavy atom. The number of hydrogen-bond donors (Lipinski definition) is 2. The largest absolute Gasteiger partial charge is 0.478 e. The second-order valence-electron chi connectivity index (χ2n) is 5.53. The Hall–Kier alpha value is -2.89. The van der Waals surface area contributed by atoms with E-state index in [-0.39, 0.29) is 23.6 Å². The van der Waals surface area contributed by atoms with E-state index in [0.29, 0.717) is 11.3 Å². The molecule has 0 saturated heterocycles. The summed E-state index contributed by atoms with van der Waals surface area (Å²) in [5.41, 5.74) is 0.543. The van der Waals surface area contributed by atoms with Crippen LogP contribution in [-0.4, -0.2) is 26.7 Å². The van der Waals surface area contributed by atoms with Crippen LogP contribution in [0, 0.1) is 0 Å². The summed E-state index contributed by atoms with van der Waals surface area (Å²) in [6.45, 7) is 3.92. The molecule has 6 heteroatoms. The number of benzene rings is 1. The van der Waals surface area contributed by atoms with Gasteiger partial charge >= 0.3 is 11.9 Å². The smallest absolute Gasteiger partial charge is 0.341 e. The highest BCUT2D eigenvalue weighted by molar-refractivity contribution is 5.88. The zero-order valence-corrected chi connectivity index (χ0v) is 12.8. The van der Waals surface area contributed by atoms with Crippen LogP contribution in [0.25, 0.3) is 0 Å². The standard InChI is InChI=1S/C17H17NO5/c1-10(2)14-7-6-13(17(22)23)15(19)18(14)9-11-4-3-5-12(8-11)16(20)21/h3-8,10H,9H2,1-2H3,(H,20,21)(H,22,23). The number of nitrogens with zero attached hydrogens (tertiary/aromatic N) is 1. The highest BCUT2D eigenvalue weighted by atomic mass is 16.4. The molecule has 0 spiro atoms. The van der Waals surface area contributed by atoms with E-state index in [1.54, 1.807) is 18.2 Å². The third kappa shape index (κ3) is 3.48. The Morgan fingerprint density at radius 3 is 2.35 bits per heavy atom. The summed E-state index contributed by atoms with van der Waals surface area (Å²) in [4.78, 5) is 34.6. The molecule has 0 aliphatic carbocycles. The first kappa shape index (κ1) is 16.5. The van der Waals surface area contributed by atoms with E-state index in [1.807, 2.05) is 13.8 Å². The summed E-state index contributed by atoms with van der Waals surface area (Å²) in [5, 5.41) is 18.2. The molecule has 0 aliphatic rings. The van der Waals surface area contributed by atoms with Crippen molar-refractivity contribution in [3.8, 4) is 0 Å². The molecular weight excluding hydrogens is 298 g/mol. The van der Waals surface area contributed by atoms with Gasteiger partial charge in [0.15, 0.2) is 0 Å². The lowest BCUT2D eigenvalue weighted by Gasteiger charge is -2.16. The first-order valence-corrected chi connectivity index (χ1v) is 7.10. The SMILES string of the molecule is CC(C)c1ccc(C(=O)O)c(=O)n1Cc1cccc(C(=O)O)c1. The molecule has 1 aromatic heterocycles. The summed E-state index contributed by atoms with van der Waals surface area (Å²) >= 11 is 0. The van der Waals surface area contributed by atoms with E-state index in [4.69, 9.17) is 10.2 Å². The van der Waals surface area contributed by atoms with Crippen LogP contribution in [0.4, 0.5) is 0 Å². The first-order valence-electron chi connectivity index (χ1n) is 7.10. The average molecular weight is 315 g/mol. The molecule has 0 amide bonds. The van der Waals surface area contributed by atoms with Gasteiger partial charge in [0.1, 0.15) is 5.56 Å². The Kier molecular flexibility index (Phi) is 4.64. The quantitative estimate of drug-likeness (QED) is 0.883. The molecule has 1 heterocycles. The number of aromatic carboxylic acids is 2. The van der Waals surface area contributed by atoms with Gasteiger partial charge in [-0.1, -0.05) is 26.0 Å². The summed E-state index contributed by atoms with van der Waals surface area (Å²) in [7, 11) is 0. The van der Waals surface area contributed by atoms with Crippen LogP contribution in [0.5, 0.6) is 0 Å². The molecule has 0 bridgehead atoms. The fourth-order valence-corrected chi connectivity index (χ4v) is 2.41. The normalized spacial score (nSPS) is 10.7. The lowest BCUT2D eigenvalue weighted by molar-refractivity contribution is 0.0685. The lowest BCUT2D eigenvalue weighted by Crippen LogP contribution is -2.29. The molecule has 2 N–H and O–H groups in total. The molecule has 2 aromatic rings. The second-order valence-corrected chi connectivity index (χ2v) is 5.53. The number of aromatic nitrogens is 1. The van der Waals surface area contributed by atoms with Crippen molar-refractivity contribution in [2.24, 2.45) is 0 Å². The fourth-order valence-electron chi connectivity index (χ4n) is 2.41. The van der Waals surface area contributed by atoms with E-state index in [9.17, 15) is 14.4 Å². The number of carbonyl (C=O) groups is 2. The lowest BCUT2D eigenvalue weighted by atomic mass is 10.1. The molecule has 23 heavy (non-hydrogen) atoms. The van der Waals surface area contributed by atoms with Crippen molar-refractivity contribution < 1.29 is 19.8 Å². The first-order chi connectivity index (χ1) is 10.8. The van der Waals surface area contributed by atoms with Crippen molar-refractivity contribution in [3.63, 3.8) is 0 Å². The number of carboxylic acids is 2. The zero-order chi connectivity index (χ0) is 17.1. The second kappa shape index (κ2) is 6.48. The molecule has 120 valence electrons. The average Bonchev–Trinajstić information content (AvgIpc) is 2.48. The van der Waals surface area contributed by atoms with Crippen molar-refractivity contribution in [1.82, 2.24) is 4.57 Å². The van der Waals surface area contributed by atoms with Crippen LogP contribution in [0.2, 0.25) is 0 Å². The minimum atomic E-state index is -1.28. The fraction of sp³-hybridized carbons (Fsp3) is 0.235. The monoisotopic (exact) mass is 315 g/mol. The van der Waals surface area contributed by atoms with Crippen LogP contribution in [0.3, 0.4) is 0 Å². The van der Waals surface area contributed by atoms with Gasteiger partial charge in [-0.25, -0.2) is 9.59 Å². The molecular formula is C17H17NO5. The molecule has 0 saturated carbocycles. The van der Waals surface area contributed by atoms with Crippen LogP contribution in [0.1, 0.15) is 51.7 Å². The molecule has 2 rings (SSSR count). The topological polar surface area (TPSA) is 96.6 Å². The van der Waals surface area contributed by atoms with E-state index in [1.165, 1.54) is 22.8 Å². The van der Waals surface area contributed by atoms with Gasteiger partial charge in [0.2, 0.25) is 0 Å². The van der Waals surface area contributed by atoms with Crippen molar-refractivity contribution in [1.29, 1.82) is 0 Å². The van der Waals surface area contributed by atoms with Crippen molar-refractivity contribution in [3.05, 3.63) is 69.1 Å². The summed E-state index contributed by atoms with van der Waals surface area (Å²) < 4.78 is 1.38. The molecule has 0 atom stereocenters. The van der Waals surface area contributed by atoms with Gasteiger partial charge in [0.05, 0.1) is 12.1 Å². The van der Waals surface area contributed by atoms with Gasteiger partial charge in [0.25, 0.3) is 5.56 Å². The third-order valence-corrected chi connectivity index (χ3v) is 3.54. The van der Waals surface area contributed by atoms with Crippen LogP contribution < -0.4 is 5.56 Å². The minimum Gasteiger partial charge on any atom is -0.478 e. The minimum absolute atomic E-state index is 0.0215. The number of rotatable bonds is 5. The number of hydrogen-bond acceptors (Lipinski definition) is 3. The van der Waals surface area contributed by atoms with Crippen molar-refractivity contribution in [2.45, 2.75) is 26.3 Å². The van der Waals surface area contributed by atoms with Gasteiger partial charge in [-0.2, -0.15) is 0 Å². The maximum Gasteiger partial charge on any atom is 0.341 e. The van der Waals surface area contributed by atoms with Crippen molar-refractivity contribution >= 4 is 11.9 Å². The van der Waals surface area contributed by atoms with E-state index >= 15 is 0 Å². The van der Waals surface area contributed by atoms with Crippen molar-refractivity contribution in [2.75, 3.05) is 0 Å². The highest BCUT2D eigenvalue weighted by Gasteiger charge is 2.16. The predicted octanol–water partition coefficient (Wildman–Crippen LogP) is 2.42. The van der Waals surface area contributed by atoms with Crippen LogP contribution >= 0.6 is 0 Å². The summed E-state index contributed by atoms with van der Waals surface area (Å²) in [6, 6.07) is 9.18. The molecule has 1 aromatic carbocycles. The molecule has 0 unspecified atom stereocenters. The van der Waals surface area contributed by atoms with E-state index in [0.717, 1.165) is 0 Å². The summed E-state index contributed by atoms with van der Waals surface area (Å²) in [6.07, 6.45) is 0. The predicted molar refractivity (Wildman–Crippen MR) is 84.3 cm³/mol.